The van der Waals surface area contributed by atoms with Crippen LogP contribution in [-0.4, -0.2) is 70.3 Å². The van der Waals surface area contributed by atoms with Gasteiger partial charge in [-0.25, -0.2) is 4.79 Å². The summed E-state index contributed by atoms with van der Waals surface area (Å²) in [6.07, 6.45) is 0.889. The van der Waals surface area contributed by atoms with Gasteiger partial charge in [-0.2, -0.15) is 0 Å². The lowest BCUT2D eigenvalue weighted by molar-refractivity contribution is 0.0144. The Balaban J connectivity index is 1.55. The molecule has 0 aromatic carbocycles. The highest BCUT2D eigenvalue weighted by Crippen LogP contribution is 2.11. The number of hydrogen-bond donors (Lipinski definition) is 1. The molecule has 130 valence electrons. The molecule has 0 unspecified atom stereocenters. The summed E-state index contributed by atoms with van der Waals surface area (Å²) < 4.78 is 9.25. The van der Waals surface area contributed by atoms with Gasteiger partial charge < -0.3 is 15.0 Å². The molecule has 8 heteroatoms. The monoisotopic (exact) mass is 341 g/mol. The van der Waals surface area contributed by atoms with Crippen molar-refractivity contribution >= 4 is 17.6 Å². The van der Waals surface area contributed by atoms with Crippen LogP contribution in [0.1, 0.15) is 32.9 Å². The number of piperazine rings is 1. The van der Waals surface area contributed by atoms with Crippen LogP contribution >= 0.6 is 11.5 Å². The quantitative estimate of drug-likeness (QED) is 0.792. The fraction of sp³-hybridized carbons (Fsp3) is 0.800. The van der Waals surface area contributed by atoms with Crippen LogP contribution in [0.25, 0.3) is 0 Å². The summed E-state index contributed by atoms with van der Waals surface area (Å²) in [6.45, 7) is 11.8. The second-order valence-electron chi connectivity index (χ2n) is 6.74. The molecule has 0 radical (unpaired) electrons. The average Bonchev–Trinajstić information content (AvgIpc) is 2.99. The predicted molar refractivity (Wildman–Crippen MR) is 90.5 cm³/mol. The zero-order valence-electron chi connectivity index (χ0n) is 14.2. The van der Waals surface area contributed by atoms with E-state index >= 15 is 0 Å². The maximum atomic E-state index is 12.0. The normalized spacial score (nSPS) is 16.6. The van der Waals surface area contributed by atoms with E-state index in [1.54, 1.807) is 4.90 Å². The number of carbonyl (C=O) groups is 1. The molecule has 0 saturated carbocycles. The number of aromatic nitrogens is 2. The fourth-order valence-electron chi connectivity index (χ4n) is 2.39. The van der Waals surface area contributed by atoms with Crippen LogP contribution in [0, 0.1) is 0 Å². The van der Waals surface area contributed by atoms with Crippen LogP contribution in [0.5, 0.6) is 0 Å². The first kappa shape index (κ1) is 18.1. The fourth-order valence-corrected chi connectivity index (χ4v) is 2.84. The summed E-state index contributed by atoms with van der Waals surface area (Å²) >= 11 is 1.38. The van der Waals surface area contributed by atoms with Gasteiger partial charge in [-0.3, -0.25) is 4.90 Å². The van der Waals surface area contributed by atoms with Gasteiger partial charge >= 0.3 is 6.09 Å². The molecule has 2 heterocycles. The minimum atomic E-state index is -0.424. The van der Waals surface area contributed by atoms with Crippen molar-refractivity contribution < 1.29 is 9.53 Å². The molecule has 1 fully saturated rings. The number of carbonyl (C=O) groups excluding carboxylic acids is 1. The molecule has 1 N–H and O–H groups in total. The van der Waals surface area contributed by atoms with E-state index in [0.29, 0.717) is 0 Å². The molecule has 1 saturated heterocycles. The lowest BCUT2D eigenvalue weighted by Crippen LogP contribution is -2.50. The van der Waals surface area contributed by atoms with Crippen LogP contribution in [0.2, 0.25) is 0 Å². The van der Waals surface area contributed by atoms with Gasteiger partial charge in [0.2, 0.25) is 0 Å². The van der Waals surface area contributed by atoms with Crippen LogP contribution in [0.4, 0.5) is 4.79 Å². The zero-order chi connectivity index (χ0) is 16.7. The van der Waals surface area contributed by atoms with Crippen molar-refractivity contribution in [3.63, 3.8) is 0 Å². The molecule has 7 nitrogen and oxygen atoms in total. The molecule has 1 aromatic heterocycles. The summed E-state index contributed by atoms with van der Waals surface area (Å²) in [4.78, 5) is 16.2. The Bertz CT molecular complexity index is 467. The van der Waals surface area contributed by atoms with E-state index in [4.69, 9.17) is 4.74 Å². The minimum Gasteiger partial charge on any atom is -0.444 e. The number of amides is 1. The molecule has 2 rings (SSSR count). The Labute approximate surface area is 142 Å². The highest BCUT2D eigenvalue weighted by Gasteiger charge is 2.25. The smallest absolute Gasteiger partial charge is 0.410 e. The lowest BCUT2D eigenvalue weighted by Gasteiger charge is -2.35. The predicted octanol–water partition coefficient (Wildman–Crippen LogP) is 1.57. The lowest BCUT2D eigenvalue weighted by atomic mass is 10.2. The molecule has 0 atom stereocenters. The third kappa shape index (κ3) is 6.80. The second kappa shape index (κ2) is 8.56. The third-order valence-electron chi connectivity index (χ3n) is 3.56. The maximum Gasteiger partial charge on any atom is 0.410 e. The number of ether oxygens (including phenoxy) is 1. The van der Waals surface area contributed by atoms with E-state index in [1.807, 2.05) is 26.2 Å². The SMILES string of the molecule is CC(C)(C)OC(=O)N1CCN(CCCNCc2csnn2)CC1. The van der Waals surface area contributed by atoms with Crippen molar-refractivity contribution in [2.24, 2.45) is 0 Å². The van der Waals surface area contributed by atoms with Crippen molar-refractivity contribution in [1.29, 1.82) is 0 Å². The van der Waals surface area contributed by atoms with Crippen molar-refractivity contribution in [2.75, 3.05) is 39.3 Å². The highest BCUT2D eigenvalue weighted by molar-refractivity contribution is 7.03. The summed E-state index contributed by atoms with van der Waals surface area (Å²) in [5.74, 6) is 0. The first-order chi connectivity index (χ1) is 10.9. The van der Waals surface area contributed by atoms with Gasteiger partial charge in [0.05, 0.1) is 5.69 Å². The molecular formula is C15H27N5O2S. The van der Waals surface area contributed by atoms with E-state index in [2.05, 4.69) is 19.8 Å². The minimum absolute atomic E-state index is 0.198. The summed E-state index contributed by atoms with van der Waals surface area (Å²) in [7, 11) is 0. The molecule has 0 spiro atoms. The standard InChI is InChI=1S/C15H27N5O2S/c1-15(2,3)22-14(21)20-9-7-19(8-10-20)6-4-5-16-11-13-12-23-18-17-13/h12,16H,4-11H2,1-3H3. The maximum absolute atomic E-state index is 12.0. The van der Waals surface area contributed by atoms with E-state index in [0.717, 1.165) is 57.9 Å². The highest BCUT2D eigenvalue weighted by atomic mass is 32.1. The van der Waals surface area contributed by atoms with E-state index < -0.39 is 5.60 Å². The van der Waals surface area contributed by atoms with Gasteiger partial charge in [0, 0.05) is 38.1 Å². The summed E-state index contributed by atoms with van der Waals surface area (Å²) in [6, 6.07) is 0. The zero-order valence-corrected chi connectivity index (χ0v) is 15.1. The molecule has 23 heavy (non-hydrogen) atoms. The van der Waals surface area contributed by atoms with Crippen molar-refractivity contribution in [3.8, 4) is 0 Å². The molecule has 1 aromatic rings. The van der Waals surface area contributed by atoms with Gasteiger partial charge in [0.1, 0.15) is 5.60 Å². The Morgan fingerprint density at radius 1 is 1.35 bits per heavy atom. The first-order valence-corrected chi connectivity index (χ1v) is 8.94. The van der Waals surface area contributed by atoms with Crippen LogP contribution < -0.4 is 5.32 Å². The van der Waals surface area contributed by atoms with Crippen LogP contribution in [0.15, 0.2) is 5.38 Å². The number of nitrogens with zero attached hydrogens (tertiary/aromatic N) is 4. The van der Waals surface area contributed by atoms with Crippen LogP contribution in [-0.2, 0) is 11.3 Å². The van der Waals surface area contributed by atoms with Gasteiger partial charge in [0.15, 0.2) is 0 Å². The number of nitrogens with one attached hydrogen (secondary N) is 1. The summed E-state index contributed by atoms with van der Waals surface area (Å²) in [5.41, 5.74) is 0.577. The largest absolute Gasteiger partial charge is 0.444 e. The van der Waals surface area contributed by atoms with E-state index in [9.17, 15) is 4.79 Å². The van der Waals surface area contributed by atoms with Gasteiger partial charge in [-0.1, -0.05) is 4.49 Å². The third-order valence-corrected chi connectivity index (χ3v) is 4.12. The molecule has 1 aliphatic heterocycles. The van der Waals surface area contributed by atoms with Crippen molar-refractivity contribution in [1.82, 2.24) is 24.7 Å². The summed E-state index contributed by atoms with van der Waals surface area (Å²) in [5, 5.41) is 9.33. The van der Waals surface area contributed by atoms with E-state index in [1.165, 1.54) is 11.5 Å². The molecule has 1 aliphatic rings. The molecule has 1 amide bonds. The first-order valence-electron chi connectivity index (χ1n) is 8.11. The molecular weight excluding hydrogens is 314 g/mol. The molecule has 0 bridgehead atoms. The second-order valence-corrected chi connectivity index (χ2v) is 7.35. The Kier molecular flexibility index (Phi) is 6.73. The Morgan fingerprint density at radius 2 is 2.09 bits per heavy atom. The topological polar surface area (TPSA) is 70.6 Å². The average molecular weight is 341 g/mol. The van der Waals surface area contributed by atoms with Crippen LogP contribution in [0.3, 0.4) is 0 Å². The molecule has 0 aliphatic carbocycles. The Hall–Kier alpha value is -1.25. The van der Waals surface area contributed by atoms with Gasteiger partial charge in [0.25, 0.3) is 0 Å². The van der Waals surface area contributed by atoms with Gasteiger partial charge in [-0.15, -0.1) is 5.10 Å². The van der Waals surface area contributed by atoms with Gasteiger partial charge in [-0.05, 0) is 51.8 Å². The Morgan fingerprint density at radius 3 is 2.70 bits per heavy atom. The number of hydrogen-bond acceptors (Lipinski definition) is 7. The van der Waals surface area contributed by atoms with Crippen molar-refractivity contribution in [3.05, 3.63) is 11.1 Å². The van der Waals surface area contributed by atoms with Crippen molar-refractivity contribution in [2.45, 2.75) is 39.3 Å². The number of rotatable bonds is 6. The van der Waals surface area contributed by atoms with E-state index in [-0.39, 0.29) is 6.09 Å².